The zero-order chi connectivity index (χ0) is 13.1. The molecule has 0 aliphatic carbocycles. The average molecular weight is 387 g/mol. The molecule has 0 saturated carbocycles. The molecular weight excluding hydrogens is 370 g/mol. The summed E-state index contributed by atoms with van der Waals surface area (Å²) in [5.41, 5.74) is 0.691. The smallest absolute Gasteiger partial charge is 0.144 e. The Bertz CT molecular complexity index is 376. The highest BCUT2D eigenvalue weighted by Gasteiger charge is 2.32. The first-order chi connectivity index (χ1) is 7.96. The summed E-state index contributed by atoms with van der Waals surface area (Å²) in [7, 11) is 0. The Labute approximate surface area is 124 Å². The summed E-state index contributed by atoms with van der Waals surface area (Å²) in [5, 5.41) is 1.85. The van der Waals surface area contributed by atoms with Crippen LogP contribution in [0.1, 0.15) is 19.4 Å². The van der Waals surface area contributed by atoms with Gasteiger partial charge in [0.25, 0.3) is 0 Å². The molecule has 1 rings (SSSR count). The van der Waals surface area contributed by atoms with Crippen LogP contribution in [0.3, 0.4) is 0 Å². The summed E-state index contributed by atoms with van der Waals surface area (Å²) in [6.45, 7) is 4.32. The van der Waals surface area contributed by atoms with E-state index in [-0.39, 0.29) is 16.3 Å². The normalized spacial score (nSPS) is 12.2. The molecule has 0 radical (unpaired) electrons. The largest absolute Gasteiger partial charge is 0.205 e. The van der Waals surface area contributed by atoms with Crippen molar-refractivity contribution >= 4 is 43.5 Å². The molecule has 0 aliphatic rings. The lowest BCUT2D eigenvalue weighted by molar-refractivity contribution is 0.265. The molecular formula is C13H16Br2ClF. The maximum absolute atomic E-state index is 13.9. The third kappa shape index (κ3) is 3.45. The summed E-state index contributed by atoms with van der Waals surface area (Å²) < 4.78 is 13.9. The van der Waals surface area contributed by atoms with Gasteiger partial charge in [0, 0.05) is 10.7 Å². The molecule has 0 aliphatic heterocycles. The Morgan fingerprint density at radius 3 is 2.35 bits per heavy atom. The molecule has 0 fully saturated rings. The minimum absolute atomic E-state index is 0.00548. The lowest BCUT2D eigenvalue weighted by atomic mass is 9.76. The zero-order valence-corrected chi connectivity index (χ0v) is 13.9. The molecule has 0 amide bonds. The minimum Gasteiger partial charge on any atom is -0.205 e. The van der Waals surface area contributed by atoms with Gasteiger partial charge in [-0.2, -0.15) is 0 Å². The Balaban J connectivity index is 3.06. The van der Waals surface area contributed by atoms with E-state index in [0.29, 0.717) is 17.9 Å². The highest BCUT2D eigenvalue weighted by molar-refractivity contribution is 9.09. The molecule has 0 bridgehead atoms. The van der Waals surface area contributed by atoms with Crippen LogP contribution in [0.15, 0.2) is 18.2 Å². The second-order valence-corrected chi connectivity index (χ2v) is 6.20. The quantitative estimate of drug-likeness (QED) is 0.590. The molecule has 0 heterocycles. The maximum Gasteiger partial charge on any atom is 0.144 e. The Morgan fingerprint density at radius 2 is 1.88 bits per heavy atom. The van der Waals surface area contributed by atoms with Crippen molar-refractivity contribution < 1.29 is 4.39 Å². The van der Waals surface area contributed by atoms with Crippen LogP contribution in [0.25, 0.3) is 0 Å². The number of hydrogen-bond donors (Lipinski definition) is 0. The third-order valence-corrected chi connectivity index (χ3v) is 5.86. The molecule has 96 valence electrons. The lowest BCUT2D eigenvalue weighted by Crippen LogP contribution is -2.34. The summed E-state index contributed by atoms with van der Waals surface area (Å²) in [5.74, 6) is 0.153. The third-order valence-electron chi connectivity index (χ3n) is 3.33. The standard InChI is InChI=1S/C13H16Br2ClF/c1-9(2)13(7-14,8-15)6-10-4-3-5-11(16)12(10)17/h3-5,9H,6-8H2,1-2H3. The van der Waals surface area contributed by atoms with E-state index >= 15 is 0 Å². The highest BCUT2D eigenvalue weighted by atomic mass is 79.9. The SMILES string of the molecule is CC(C)C(CBr)(CBr)Cc1cccc(Cl)c1F. The summed E-state index contributed by atoms with van der Waals surface area (Å²) >= 11 is 12.9. The van der Waals surface area contributed by atoms with Crippen LogP contribution in [0, 0.1) is 17.2 Å². The van der Waals surface area contributed by atoms with Crippen molar-refractivity contribution in [3.63, 3.8) is 0 Å². The van der Waals surface area contributed by atoms with Crippen LogP contribution in [-0.2, 0) is 6.42 Å². The van der Waals surface area contributed by atoms with Crippen LogP contribution >= 0.6 is 43.5 Å². The monoisotopic (exact) mass is 384 g/mol. The topological polar surface area (TPSA) is 0 Å². The molecule has 0 spiro atoms. The highest BCUT2D eigenvalue weighted by Crippen LogP contribution is 2.37. The molecule has 0 nitrogen and oxygen atoms in total. The molecule has 0 aromatic heterocycles. The van der Waals surface area contributed by atoms with Gasteiger partial charge in [-0.05, 0) is 29.4 Å². The molecule has 4 heteroatoms. The predicted octanol–water partition coefficient (Wildman–Crippen LogP) is 5.45. The number of rotatable bonds is 5. The molecule has 1 aromatic rings. The van der Waals surface area contributed by atoms with Crippen molar-refractivity contribution in [2.24, 2.45) is 11.3 Å². The van der Waals surface area contributed by atoms with Gasteiger partial charge in [0.1, 0.15) is 5.82 Å². The first-order valence-electron chi connectivity index (χ1n) is 5.51. The van der Waals surface area contributed by atoms with Crippen molar-refractivity contribution in [3.05, 3.63) is 34.6 Å². The van der Waals surface area contributed by atoms with Gasteiger partial charge in [0.05, 0.1) is 5.02 Å². The van der Waals surface area contributed by atoms with E-state index in [4.69, 9.17) is 11.6 Å². The van der Waals surface area contributed by atoms with Gasteiger partial charge in [-0.15, -0.1) is 0 Å². The Hall–Kier alpha value is 0.400. The first kappa shape index (κ1) is 15.5. The molecule has 1 aromatic carbocycles. The molecule has 0 saturated heterocycles. The van der Waals surface area contributed by atoms with E-state index in [1.807, 2.05) is 6.07 Å². The van der Waals surface area contributed by atoms with Gasteiger partial charge in [0.15, 0.2) is 0 Å². The van der Waals surface area contributed by atoms with Crippen LogP contribution in [-0.4, -0.2) is 10.7 Å². The predicted molar refractivity (Wildman–Crippen MR) is 80.0 cm³/mol. The van der Waals surface area contributed by atoms with E-state index in [1.165, 1.54) is 0 Å². The molecule has 17 heavy (non-hydrogen) atoms. The van der Waals surface area contributed by atoms with Crippen molar-refractivity contribution in [2.75, 3.05) is 10.7 Å². The van der Waals surface area contributed by atoms with Crippen molar-refractivity contribution in [3.8, 4) is 0 Å². The molecule has 0 atom stereocenters. The minimum atomic E-state index is -0.291. The summed E-state index contributed by atoms with van der Waals surface area (Å²) in [6.07, 6.45) is 0.674. The van der Waals surface area contributed by atoms with E-state index in [2.05, 4.69) is 45.7 Å². The fraction of sp³-hybridized carbons (Fsp3) is 0.538. The van der Waals surface area contributed by atoms with Gasteiger partial charge in [0.2, 0.25) is 0 Å². The van der Waals surface area contributed by atoms with Crippen molar-refractivity contribution in [1.29, 1.82) is 0 Å². The van der Waals surface area contributed by atoms with E-state index in [1.54, 1.807) is 12.1 Å². The van der Waals surface area contributed by atoms with Crippen LogP contribution < -0.4 is 0 Å². The van der Waals surface area contributed by atoms with Crippen LogP contribution in [0.2, 0.25) is 5.02 Å². The number of benzene rings is 1. The van der Waals surface area contributed by atoms with Crippen molar-refractivity contribution in [2.45, 2.75) is 20.3 Å². The van der Waals surface area contributed by atoms with Crippen LogP contribution in [0.4, 0.5) is 4.39 Å². The number of alkyl halides is 2. The summed E-state index contributed by atoms with van der Waals surface area (Å²) in [4.78, 5) is 0. The average Bonchev–Trinajstić information content (AvgIpc) is 2.31. The fourth-order valence-electron chi connectivity index (χ4n) is 1.71. The van der Waals surface area contributed by atoms with Crippen molar-refractivity contribution in [1.82, 2.24) is 0 Å². The van der Waals surface area contributed by atoms with Gasteiger partial charge in [-0.1, -0.05) is 69.4 Å². The molecule has 0 unspecified atom stereocenters. The number of hydrogen-bond acceptors (Lipinski definition) is 0. The second-order valence-electron chi connectivity index (χ2n) is 4.67. The van der Waals surface area contributed by atoms with E-state index in [0.717, 1.165) is 10.7 Å². The fourth-order valence-corrected chi connectivity index (χ4v) is 4.52. The zero-order valence-electron chi connectivity index (χ0n) is 9.94. The number of halogens is 4. The van der Waals surface area contributed by atoms with Gasteiger partial charge < -0.3 is 0 Å². The Morgan fingerprint density at radius 1 is 1.29 bits per heavy atom. The van der Waals surface area contributed by atoms with Gasteiger partial charge >= 0.3 is 0 Å². The second kappa shape index (κ2) is 6.53. The summed E-state index contributed by atoms with van der Waals surface area (Å²) in [6, 6.07) is 5.19. The van der Waals surface area contributed by atoms with E-state index in [9.17, 15) is 4.39 Å². The van der Waals surface area contributed by atoms with E-state index < -0.39 is 0 Å². The van der Waals surface area contributed by atoms with Gasteiger partial charge in [-0.3, -0.25) is 0 Å². The Kier molecular flexibility index (Phi) is 5.94. The first-order valence-corrected chi connectivity index (χ1v) is 8.13. The van der Waals surface area contributed by atoms with Crippen LogP contribution in [0.5, 0.6) is 0 Å². The lowest BCUT2D eigenvalue weighted by Gasteiger charge is -2.34. The van der Waals surface area contributed by atoms with Gasteiger partial charge in [-0.25, -0.2) is 4.39 Å². The maximum atomic E-state index is 13.9. The molecule has 0 N–H and O–H groups in total.